The Kier molecular flexibility index (Phi) is 5.87. The van der Waals surface area contributed by atoms with E-state index in [-0.39, 0.29) is 24.3 Å². The predicted molar refractivity (Wildman–Crippen MR) is 112 cm³/mol. The molecule has 2 aromatic rings. The second kappa shape index (κ2) is 8.33. The van der Waals surface area contributed by atoms with Crippen LogP contribution in [0.2, 0.25) is 0 Å². The fourth-order valence-corrected chi connectivity index (χ4v) is 3.22. The summed E-state index contributed by atoms with van der Waals surface area (Å²) in [5, 5.41) is 2.92. The van der Waals surface area contributed by atoms with Gasteiger partial charge in [-0.05, 0) is 50.2 Å². The van der Waals surface area contributed by atoms with E-state index < -0.39 is 5.92 Å². The molecule has 1 aliphatic heterocycles. The zero-order valence-electron chi connectivity index (χ0n) is 16.8. The lowest BCUT2D eigenvalue weighted by Gasteiger charge is -2.19. The third-order valence-corrected chi connectivity index (χ3v) is 4.68. The number of ether oxygens (including phenoxy) is 1. The van der Waals surface area contributed by atoms with Crippen molar-refractivity contribution in [3.63, 3.8) is 0 Å². The molecule has 1 unspecified atom stereocenters. The van der Waals surface area contributed by atoms with Crippen LogP contribution in [0.4, 0.5) is 17.1 Å². The Morgan fingerprint density at radius 2 is 1.82 bits per heavy atom. The average molecular weight is 381 g/mol. The van der Waals surface area contributed by atoms with Gasteiger partial charge in [-0.15, -0.1) is 0 Å². The van der Waals surface area contributed by atoms with Gasteiger partial charge in [0.25, 0.3) is 0 Å². The topological polar surface area (TPSA) is 61.9 Å². The largest absolute Gasteiger partial charge is 0.489 e. The van der Waals surface area contributed by atoms with Crippen LogP contribution in [0.1, 0.15) is 20.3 Å². The molecule has 1 atom stereocenters. The molecule has 3 rings (SSSR count). The highest BCUT2D eigenvalue weighted by Crippen LogP contribution is 2.29. The third-order valence-electron chi connectivity index (χ3n) is 4.68. The molecule has 0 aromatic heterocycles. The number of amides is 2. The van der Waals surface area contributed by atoms with Gasteiger partial charge >= 0.3 is 0 Å². The Balaban J connectivity index is 1.69. The third kappa shape index (κ3) is 4.44. The molecule has 6 heteroatoms. The number of carbonyl (C=O) groups is 2. The maximum Gasteiger partial charge on any atom is 0.229 e. The van der Waals surface area contributed by atoms with Crippen LogP contribution in [0.5, 0.6) is 5.75 Å². The van der Waals surface area contributed by atoms with Crippen molar-refractivity contribution in [2.24, 2.45) is 5.92 Å². The average Bonchev–Trinajstić information content (AvgIpc) is 3.05. The Labute approximate surface area is 166 Å². The van der Waals surface area contributed by atoms with Crippen molar-refractivity contribution in [3.05, 3.63) is 48.5 Å². The van der Waals surface area contributed by atoms with Gasteiger partial charge in [-0.1, -0.05) is 12.1 Å². The maximum atomic E-state index is 12.8. The summed E-state index contributed by atoms with van der Waals surface area (Å²) in [5.74, 6) is 0.0319. The lowest BCUT2D eigenvalue weighted by molar-refractivity contribution is -0.122. The van der Waals surface area contributed by atoms with E-state index in [2.05, 4.69) is 5.32 Å². The number of carbonyl (C=O) groups excluding carboxylic acids is 2. The summed E-state index contributed by atoms with van der Waals surface area (Å²) < 4.78 is 5.75. The van der Waals surface area contributed by atoms with Gasteiger partial charge in [-0.25, -0.2) is 0 Å². The lowest BCUT2D eigenvalue weighted by atomic mass is 10.1. The molecule has 1 saturated heterocycles. The Morgan fingerprint density at radius 3 is 2.46 bits per heavy atom. The number of hydrogen-bond acceptors (Lipinski definition) is 4. The van der Waals surface area contributed by atoms with Gasteiger partial charge in [0, 0.05) is 38.4 Å². The van der Waals surface area contributed by atoms with E-state index in [1.54, 1.807) is 4.90 Å². The highest BCUT2D eigenvalue weighted by Gasteiger charge is 2.35. The lowest BCUT2D eigenvalue weighted by Crippen LogP contribution is -2.28. The van der Waals surface area contributed by atoms with Gasteiger partial charge in [0.2, 0.25) is 11.8 Å². The van der Waals surface area contributed by atoms with Gasteiger partial charge in [0.05, 0.1) is 17.7 Å². The first-order valence-electron chi connectivity index (χ1n) is 9.49. The molecule has 1 heterocycles. The predicted octanol–water partition coefficient (Wildman–Crippen LogP) is 3.53. The van der Waals surface area contributed by atoms with Crippen LogP contribution in [0.25, 0.3) is 0 Å². The molecule has 0 aliphatic carbocycles. The molecule has 148 valence electrons. The van der Waals surface area contributed by atoms with Gasteiger partial charge in [-0.3, -0.25) is 9.59 Å². The quantitative estimate of drug-likeness (QED) is 0.832. The fraction of sp³-hybridized carbons (Fsp3) is 0.364. The molecule has 0 saturated carbocycles. The van der Waals surface area contributed by atoms with E-state index in [0.29, 0.717) is 18.0 Å². The highest BCUT2D eigenvalue weighted by atomic mass is 16.5. The first-order valence-corrected chi connectivity index (χ1v) is 9.49. The zero-order chi connectivity index (χ0) is 20.3. The molecule has 1 fully saturated rings. The number of nitrogens with zero attached hydrogens (tertiary/aromatic N) is 2. The number of benzene rings is 2. The number of nitrogens with one attached hydrogen (secondary N) is 1. The molecule has 0 radical (unpaired) electrons. The molecular weight excluding hydrogens is 354 g/mol. The van der Waals surface area contributed by atoms with Crippen molar-refractivity contribution in [2.45, 2.75) is 26.4 Å². The van der Waals surface area contributed by atoms with Crippen molar-refractivity contribution in [1.29, 1.82) is 0 Å². The van der Waals surface area contributed by atoms with E-state index in [0.717, 1.165) is 11.4 Å². The van der Waals surface area contributed by atoms with Crippen LogP contribution in [0, 0.1) is 5.92 Å². The van der Waals surface area contributed by atoms with Crippen LogP contribution in [0.3, 0.4) is 0 Å². The monoisotopic (exact) mass is 381 g/mol. The van der Waals surface area contributed by atoms with E-state index in [1.807, 2.05) is 81.4 Å². The molecule has 2 amide bonds. The highest BCUT2D eigenvalue weighted by molar-refractivity contribution is 6.04. The van der Waals surface area contributed by atoms with Crippen molar-refractivity contribution in [2.75, 3.05) is 35.8 Å². The summed E-state index contributed by atoms with van der Waals surface area (Å²) in [6.07, 6.45) is 0.209. The number of para-hydroxylation sites is 2. The maximum absolute atomic E-state index is 12.8. The number of rotatable bonds is 6. The van der Waals surface area contributed by atoms with Gasteiger partial charge in [0.15, 0.2) is 0 Å². The first kappa shape index (κ1) is 19.7. The summed E-state index contributed by atoms with van der Waals surface area (Å²) >= 11 is 0. The second-order valence-electron chi connectivity index (χ2n) is 7.47. The molecule has 28 heavy (non-hydrogen) atoms. The summed E-state index contributed by atoms with van der Waals surface area (Å²) in [5.41, 5.74) is 2.50. The Bertz CT molecular complexity index is 846. The number of anilines is 3. The molecule has 6 nitrogen and oxygen atoms in total. The molecule has 1 N–H and O–H groups in total. The molecule has 0 bridgehead atoms. The summed E-state index contributed by atoms with van der Waals surface area (Å²) in [6, 6.07) is 15.1. The van der Waals surface area contributed by atoms with E-state index in [1.165, 1.54) is 0 Å². The summed E-state index contributed by atoms with van der Waals surface area (Å²) in [6.45, 7) is 4.25. The van der Waals surface area contributed by atoms with Crippen LogP contribution in [0.15, 0.2) is 48.5 Å². The van der Waals surface area contributed by atoms with Crippen LogP contribution in [-0.4, -0.2) is 38.6 Å². The normalized spacial score (nSPS) is 16.4. The van der Waals surface area contributed by atoms with Gasteiger partial charge in [-0.2, -0.15) is 0 Å². The minimum absolute atomic E-state index is 0.00624. The van der Waals surface area contributed by atoms with E-state index in [4.69, 9.17) is 4.74 Å². The molecular formula is C22H27N3O3. The fourth-order valence-electron chi connectivity index (χ4n) is 3.22. The zero-order valence-corrected chi connectivity index (χ0v) is 16.8. The van der Waals surface area contributed by atoms with Gasteiger partial charge < -0.3 is 19.9 Å². The molecule has 2 aromatic carbocycles. The van der Waals surface area contributed by atoms with E-state index in [9.17, 15) is 9.59 Å². The smallest absolute Gasteiger partial charge is 0.229 e. The van der Waals surface area contributed by atoms with Gasteiger partial charge in [0.1, 0.15) is 5.75 Å². The van der Waals surface area contributed by atoms with Crippen LogP contribution < -0.4 is 19.9 Å². The number of hydrogen-bond donors (Lipinski definition) is 1. The second-order valence-corrected chi connectivity index (χ2v) is 7.47. The standard InChI is InChI=1S/C22H27N3O3/c1-15(2)28-20-8-6-5-7-19(20)23-22(27)16-13-21(26)25(14-16)18-11-9-17(10-12-18)24(3)4/h5-12,15-16H,13-14H2,1-4H3,(H,23,27). The summed E-state index contributed by atoms with van der Waals surface area (Å²) in [7, 11) is 3.94. The Hall–Kier alpha value is -3.02. The summed E-state index contributed by atoms with van der Waals surface area (Å²) in [4.78, 5) is 28.9. The van der Waals surface area contributed by atoms with Crippen molar-refractivity contribution >= 4 is 28.9 Å². The first-order chi connectivity index (χ1) is 13.3. The van der Waals surface area contributed by atoms with Crippen LogP contribution >= 0.6 is 0 Å². The molecule has 0 spiro atoms. The molecule has 1 aliphatic rings. The minimum atomic E-state index is -0.395. The van der Waals surface area contributed by atoms with Crippen molar-refractivity contribution in [3.8, 4) is 5.75 Å². The van der Waals surface area contributed by atoms with Crippen molar-refractivity contribution < 1.29 is 14.3 Å². The van der Waals surface area contributed by atoms with Crippen LogP contribution in [-0.2, 0) is 9.59 Å². The van der Waals surface area contributed by atoms with Crippen molar-refractivity contribution in [1.82, 2.24) is 0 Å². The Morgan fingerprint density at radius 1 is 1.14 bits per heavy atom. The minimum Gasteiger partial charge on any atom is -0.489 e. The van der Waals surface area contributed by atoms with E-state index >= 15 is 0 Å². The SMILES string of the molecule is CC(C)Oc1ccccc1NC(=O)C1CC(=O)N(c2ccc(N(C)C)cc2)C1.